The third-order valence-corrected chi connectivity index (χ3v) is 2.40. The highest BCUT2D eigenvalue weighted by Crippen LogP contribution is 2.27. The minimum Gasteiger partial charge on any atom is -0.313 e. The summed E-state index contributed by atoms with van der Waals surface area (Å²) < 4.78 is 0.555. The van der Waals surface area contributed by atoms with Gasteiger partial charge in [-0.25, -0.2) is 0 Å². The SMILES string of the molecule is O=C(C#CBr)Nc1ccsc1Cl. The Balaban J connectivity index is 2.68. The van der Waals surface area contributed by atoms with Gasteiger partial charge < -0.3 is 5.32 Å². The van der Waals surface area contributed by atoms with E-state index in [0.29, 0.717) is 10.0 Å². The molecule has 12 heavy (non-hydrogen) atoms. The minimum atomic E-state index is -0.382. The maximum Gasteiger partial charge on any atom is 0.301 e. The molecule has 62 valence electrons. The fourth-order valence-electron chi connectivity index (χ4n) is 0.578. The van der Waals surface area contributed by atoms with Crippen molar-refractivity contribution in [2.24, 2.45) is 0 Å². The van der Waals surface area contributed by atoms with E-state index in [9.17, 15) is 4.79 Å². The summed E-state index contributed by atoms with van der Waals surface area (Å²) >= 11 is 9.90. The van der Waals surface area contributed by atoms with E-state index in [4.69, 9.17) is 11.6 Å². The quantitative estimate of drug-likeness (QED) is 0.777. The largest absolute Gasteiger partial charge is 0.313 e. The highest BCUT2D eigenvalue weighted by Gasteiger charge is 2.03. The molecule has 0 aliphatic rings. The monoisotopic (exact) mass is 263 g/mol. The van der Waals surface area contributed by atoms with Crippen LogP contribution in [0.4, 0.5) is 5.69 Å². The Bertz CT molecular complexity index is 352. The van der Waals surface area contributed by atoms with Gasteiger partial charge in [-0.3, -0.25) is 4.79 Å². The van der Waals surface area contributed by atoms with Crippen molar-refractivity contribution < 1.29 is 4.79 Å². The standard InChI is InChI=1S/C7H3BrClNOS/c8-3-1-6(11)10-5-2-4-12-7(5)9/h2,4H,(H,10,11). The molecule has 0 unspecified atom stereocenters. The average Bonchev–Trinajstić information content (AvgIpc) is 2.37. The van der Waals surface area contributed by atoms with Gasteiger partial charge in [0.05, 0.1) is 5.69 Å². The number of carbonyl (C=O) groups excluding carboxylic acids is 1. The van der Waals surface area contributed by atoms with Crippen LogP contribution in [0.5, 0.6) is 0 Å². The molecular weight excluding hydrogens is 262 g/mol. The Morgan fingerprint density at radius 1 is 1.75 bits per heavy atom. The zero-order valence-corrected chi connectivity index (χ0v) is 8.89. The van der Waals surface area contributed by atoms with Crippen molar-refractivity contribution in [3.8, 4) is 10.8 Å². The lowest BCUT2D eigenvalue weighted by Gasteiger charge is -1.95. The van der Waals surface area contributed by atoms with E-state index in [2.05, 4.69) is 32.0 Å². The second-order valence-electron chi connectivity index (χ2n) is 1.78. The number of halogens is 2. The second-order valence-corrected chi connectivity index (χ2v) is 3.70. The van der Waals surface area contributed by atoms with Gasteiger partial charge >= 0.3 is 5.91 Å². The molecule has 0 spiro atoms. The first-order valence-electron chi connectivity index (χ1n) is 2.89. The molecule has 0 atom stereocenters. The maximum absolute atomic E-state index is 10.9. The van der Waals surface area contributed by atoms with E-state index in [1.54, 1.807) is 11.4 Å². The van der Waals surface area contributed by atoms with Gasteiger partial charge in [0.1, 0.15) is 4.34 Å². The number of rotatable bonds is 1. The van der Waals surface area contributed by atoms with E-state index >= 15 is 0 Å². The van der Waals surface area contributed by atoms with E-state index in [0.717, 1.165) is 0 Å². The molecule has 1 N–H and O–H groups in total. The Morgan fingerprint density at radius 3 is 3.00 bits per heavy atom. The van der Waals surface area contributed by atoms with E-state index in [1.807, 2.05) is 0 Å². The van der Waals surface area contributed by atoms with Crippen molar-refractivity contribution >= 4 is 50.5 Å². The number of anilines is 1. The highest BCUT2D eigenvalue weighted by atomic mass is 79.9. The summed E-state index contributed by atoms with van der Waals surface area (Å²) in [5.41, 5.74) is 0.599. The van der Waals surface area contributed by atoms with Crippen molar-refractivity contribution in [2.45, 2.75) is 0 Å². The van der Waals surface area contributed by atoms with Crippen LogP contribution in [0.15, 0.2) is 11.4 Å². The van der Waals surface area contributed by atoms with Gasteiger partial charge in [-0.05, 0) is 16.3 Å². The van der Waals surface area contributed by atoms with Crippen LogP contribution in [0.1, 0.15) is 0 Å². The molecule has 1 amide bonds. The molecule has 1 aromatic heterocycles. The molecule has 1 rings (SSSR count). The Morgan fingerprint density at radius 2 is 2.50 bits per heavy atom. The second kappa shape index (κ2) is 4.51. The van der Waals surface area contributed by atoms with E-state index in [-0.39, 0.29) is 5.91 Å². The zero-order chi connectivity index (χ0) is 8.97. The number of hydrogen-bond donors (Lipinski definition) is 1. The van der Waals surface area contributed by atoms with Gasteiger partial charge in [0.2, 0.25) is 0 Å². The van der Waals surface area contributed by atoms with Gasteiger partial charge in [-0.1, -0.05) is 11.6 Å². The van der Waals surface area contributed by atoms with Gasteiger partial charge in [0.15, 0.2) is 0 Å². The molecule has 2 nitrogen and oxygen atoms in total. The van der Waals surface area contributed by atoms with Crippen LogP contribution in [0.3, 0.4) is 0 Å². The summed E-state index contributed by atoms with van der Waals surface area (Å²) in [4.78, 5) is 13.2. The lowest BCUT2D eigenvalue weighted by atomic mass is 10.5. The van der Waals surface area contributed by atoms with Crippen LogP contribution in [0.25, 0.3) is 0 Å². The first-order chi connectivity index (χ1) is 5.74. The predicted octanol–water partition coefficient (Wildman–Crippen LogP) is 2.70. The molecule has 0 aliphatic carbocycles. The molecule has 0 radical (unpaired) electrons. The lowest BCUT2D eigenvalue weighted by Crippen LogP contribution is -2.07. The smallest absolute Gasteiger partial charge is 0.301 e. The topological polar surface area (TPSA) is 29.1 Å². The van der Waals surface area contributed by atoms with Crippen molar-refractivity contribution in [3.05, 3.63) is 15.8 Å². The molecular formula is C7H3BrClNOS. The molecule has 0 saturated carbocycles. The number of amides is 1. The number of nitrogens with one attached hydrogen (secondary N) is 1. The van der Waals surface area contributed by atoms with Crippen molar-refractivity contribution in [3.63, 3.8) is 0 Å². The van der Waals surface area contributed by atoms with Gasteiger partial charge in [0.25, 0.3) is 0 Å². The first-order valence-corrected chi connectivity index (χ1v) is 4.94. The first kappa shape index (κ1) is 9.59. The summed E-state index contributed by atoms with van der Waals surface area (Å²) in [6.07, 6.45) is 0. The Kier molecular flexibility index (Phi) is 3.60. The molecule has 5 heteroatoms. The van der Waals surface area contributed by atoms with Crippen LogP contribution < -0.4 is 5.32 Å². The molecule has 0 aromatic carbocycles. The lowest BCUT2D eigenvalue weighted by molar-refractivity contribution is -0.111. The van der Waals surface area contributed by atoms with Crippen LogP contribution in [-0.4, -0.2) is 5.91 Å². The molecule has 1 aromatic rings. The van der Waals surface area contributed by atoms with E-state index in [1.165, 1.54) is 11.3 Å². The minimum absolute atomic E-state index is 0.382. The summed E-state index contributed by atoms with van der Waals surface area (Å²) in [5.74, 6) is 1.89. The highest BCUT2D eigenvalue weighted by molar-refractivity contribution is 9.12. The third-order valence-electron chi connectivity index (χ3n) is 1.03. The van der Waals surface area contributed by atoms with E-state index < -0.39 is 0 Å². The van der Waals surface area contributed by atoms with Crippen molar-refractivity contribution in [1.29, 1.82) is 0 Å². The number of hydrogen-bond acceptors (Lipinski definition) is 2. The summed E-state index contributed by atoms with van der Waals surface area (Å²) in [7, 11) is 0. The Hall–Kier alpha value is -0.500. The predicted molar refractivity (Wildman–Crippen MR) is 54.7 cm³/mol. The van der Waals surface area contributed by atoms with Crippen molar-refractivity contribution in [1.82, 2.24) is 0 Å². The maximum atomic E-state index is 10.9. The number of carbonyl (C=O) groups is 1. The summed E-state index contributed by atoms with van der Waals surface area (Å²) in [6, 6.07) is 1.72. The molecule has 0 saturated heterocycles. The molecule has 0 fully saturated rings. The Labute approximate surface area is 87.0 Å². The fourth-order valence-corrected chi connectivity index (χ4v) is 1.59. The van der Waals surface area contributed by atoms with Crippen LogP contribution >= 0.6 is 38.9 Å². The van der Waals surface area contributed by atoms with Gasteiger partial charge in [0, 0.05) is 21.9 Å². The average molecular weight is 265 g/mol. The van der Waals surface area contributed by atoms with Gasteiger partial charge in [-0.2, -0.15) is 0 Å². The van der Waals surface area contributed by atoms with Crippen LogP contribution in [0, 0.1) is 10.8 Å². The molecule has 0 aliphatic heterocycles. The molecule has 0 bridgehead atoms. The zero-order valence-electron chi connectivity index (χ0n) is 5.73. The molecule has 1 heterocycles. The van der Waals surface area contributed by atoms with Crippen molar-refractivity contribution in [2.75, 3.05) is 5.32 Å². The fraction of sp³-hybridized carbons (Fsp3) is 0. The summed E-state index contributed by atoms with van der Waals surface area (Å²) in [5, 5.41) is 4.32. The number of thiophene rings is 1. The third kappa shape index (κ3) is 2.52. The van der Waals surface area contributed by atoms with Gasteiger partial charge in [-0.15, -0.1) is 11.3 Å². The normalized spacial score (nSPS) is 8.50. The van der Waals surface area contributed by atoms with Crippen LogP contribution in [0.2, 0.25) is 4.34 Å². The summed E-state index contributed by atoms with van der Waals surface area (Å²) in [6.45, 7) is 0. The van der Waals surface area contributed by atoms with Crippen LogP contribution in [-0.2, 0) is 4.79 Å².